The average molecular weight is 370 g/mol. The molecule has 4 saturated carbocycles. The molecule has 0 saturated heterocycles. The minimum absolute atomic E-state index is 0.157. The fourth-order valence-corrected chi connectivity index (χ4v) is 8.16. The Labute approximate surface area is 163 Å². The van der Waals surface area contributed by atoms with Crippen LogP contribution in [0.1, 0.15) is 82.1 Å². The monoisotopic (exact) mass is 369 g/mol. The molecule has 4 heteroatoms. The standard InChI is InChI=1S/C23H35N3O/c1-14-4-6-16-15(12-14)5-7-18-17(16)10-11-23(2)19(18)8-9-20(23)22(27)21-13-24-26(3)25-21/h13-20H,4-12H2,1-3H3. The fourth-order valence-electron chi connectivity index (χ4n) is 8.16. The van der Waals surface area contributed by atoms with Crippen LogP contribution in [0.2, 0.25) is 0 Å². The van der Waals surface area contributed by atoms with Crippen LogP contribution < -0.4 is 0 Å². The van der Waals surface area contributed by atoms with E-state index in [1.54, 1.807) is 13.2 Å². The van der Waals surface area contributed by atoms with Gasteiger partial charge in [-0.25, -0.2) is 0 Å². The van der Waals surface area contributed by atoms with Gasteiger partial charge in [0.2, 0.25) is 0 Å². The van der Waals surface area contributed by atoms with E-state index in [2.05, 4.69) is 24.0 Å². The van der Waals surface area contributed by atoms with Gasteiger partial charge in [0.1, 0.15) is 5.69 Å². The minimum atomic E-state index is 0.157. The zero-order valence-electron chi connectivity index (χ0n) is 17.2. The number of nitrogens with zero attached hydrogens (tertiary/aromatic N) is 3. The summed E-state index contributed by atoms with van der Waals surface area (Å²) in [6.07, 6.45) is 13.8. The first-order valence-corrected chi connectivity index (χ1v) is 11.4. The van der Waals surface area contributed by atoms with Crippen molar-refractivity contribution >= 4 is 5.78 Å². The van der Waals surface area contributed by atoms with Gasteiger partial charge in [-0.1, -0.05) is 20.3 Å². The molecule has 1 heterocycles. The van der Waals surface area contributed by atoms with Gasteiger partial charge in [-0.3, -0.25) is 4.79 Å². The van der Waals surface area contributed by atoms with E-state index < -0.39 is 0 Å². The predicted molar refractivity (Wildman–Crippen MR) is 105 cm³/mol. The number of rotatable bonds is 2. The lowest BCUT2D eigenvalue weighted by Gasteiger charge is -2.56. The molecule has 4 fully saturated rings. The zero-order valence-corrected chi connectivity index (χ0v) is 17.2. The van der Waals surface area contributed by atoms with Crippen molar-refractivity contribution in [2.75, 3.05) is 0 Å². The van der Waals surface area contributed by atoms with Crippen LogP contribution in [0.4, 0.5) is 0 Å². The summed E-state index contributed by atoms with van der Waals surface area (Å²) in [5.74, 6) is 5.91. The Kier molecular flexibility index (Phi) is 4.25. The van der Waals surface area contributed by atoms with Crippen molar-refractivity contribution in [1.29, 1.82) is 0 Å². The van der Waals surface area contributed by atoms with Crippen molar-refractivity contribution < 1.29 is 4.79 Å². The maximum Gasteiger partial charge on any atom is 0.188 e. The number of carbonyl (C=O) groups excluding carboxylic acids is 1. The Morgan fingerprint density at radius 3 is 2.67 bits per heavy atom. The number of hydrogen-bond acceptors (Lipinski definition) is 3. The summed E-state index contributed by atoms with van der Waals surface area (Å²) in [7, 11) is 1.80. The van der Waals surface area contributed by atoms with Gasteiger partial charge < -0.3 is 0 Å². The third-order valence-electron chi connectivity index (χ3n) is 9.39. The van der Waals surface area contributed by atoms with Gasteiger partial charge in [-0.2, -0.15) is 15.0 Å². The van der Waals surface area contributed by atoms with Crippen LogP contribution in [0, 0.1) is 46.8 Å². The Balaban J connectivity index is 1.37. The van der Waals surface area contributed by atoms with Crippen LogP contribution in [-0.4, -0.2) is 20.8 Å². The van der Waals surface area contributed by atoms with Gasteiger partial charge in [0.25, 0.3) is 0 Å². The normalized spacial score (nSPS) is 46.4. The third kappa shape index (κ3) is 2.73. The maximum absolute atomic E-state index is 13.2. The summed E-state index contributed by atoms with van der Waals surface area (Å²) in [4.78, 5) is 14.7. The molecule has 0 bridgehead atoms. The molecule has 0 radical (unpaired) electrons. The molecule has 1 aromatic heterocycles. The summed E-state index contributed by atoms with van der Waals surface area (Å²) < 4.78 is 0. The predicted octanol–water partition coefficient (Wildman–Crippen LogP) is 4.90. The molecule has 0 aliphatic heterocycles. The van der Waals surface area contributed by atoms with E-state index in [-0.39, 0.29) is 17.1 Å². The minimum Gasteiger partial charge on any atom is -0.292 e. The topological polar surface area (TPSA) is 47.8 Å². The Hall–Kier alpha value is -1.19. The highest BCUT2D eigenvalue weighted by Crippen LogP contribution is 2.64. The molecular formula is C23H35N3O. The van der Waals surface area contributed by atoms with E-state index in [4.69, 9.17) is 0 Å². The second-order valence-electron chi connectivity index (χ2n) is 10.6. The smallest absolute Gasteiger partial charge is 0.188 e. The van der Waals surface area contributed by atoms with Crippen molar-refractivity contribution in [3.05, 3.63) is 11.9 Å². The highest BCUT2D eigenvalue weighted by atomic mass is 16.1. The maximum atomic E-state index is 13.2. The number of hydrogen-bond donors (Lipinski definition) is 0. The van der Waals surface area contributed by atoms with Crippen LogP contribution in [0.3, 0.4) is 0 Å². The first-order valence-electron chi connectivity index (χ1n) is 11.4. The summed E-state index contributed by atoms with van der Waals surface area (Å²) in [6, 6.07) is 0. The summed E-state index contributed by atoms with van der Waals surface area (Å²) in [6.45, 7) is 4.90. The molecule has 1 aromatic rings. The second-order valence-corrected chi connectivity index (χ2v) is 10.6. The molecule has 4 aliphatic carbocycles. The van der Waals surface area contributed by atoms with Crippen LogP contribution >= 0.6 is 0 Å². The van der Waals surface area contributed by atoms with E-state index in [1.165, 1.54) is 56.2 Å². The molecule has 8 atom stereocenters. The van der Waals surface area contributed by atoms with Gasteiger partial charge in [0.15, 0.2) is 5.78 Å². The molecule has 27 heavy (non-hydrogen) atoms. The molecule has 0 aromatic carbocycles. The first kappa shape index (κ1) is 17.9. The Bertz CT molecular complexity index is 727. The Morgan fingerprint density at radius 1 is 1.07 bits per heavy atom. The van der Waals surface area contributed by atoms with E-state index in [1.807, 2.05) is 0 Å². The molecule has 4 aliphatic rings. The van der Waals surface area contributed by atoms with E-state index in [0.717, 1.165) is 41.9 Å². The first-order chi connectivity index (χ1) is 13.0. The number of Topliss-reactive ketones (excluding diaryl/α,β-unsaturated/α-hetero) is 1. The Morgan fingerprint density at radius 2 is 1.89 bits per heavy atom. The van der Waals surface area contributed by atoms with Gasteiger partial charge in [-0.15, -0.1) is 0 Å². The van der Waals surface area contributed by atoms with Crippen molar-refractivity contribution in [1.82, 2.24) is 15.0 Å². The van der Waals surface area contributed by atoms with Crippen molar-refractivity contribution in [2.24, 2.45) is 53.9 Å². The van der Waals surface area contributed by atoms with E-state index in [9.17, 15) is 4.79 Å². The number of aryl methyl sites for hydroxylation is 1. The van der Waals surface area contributed by atoms with Gasteiger partial charge in [-0.05, 0) is 92.3 Å². The van der Waals surface area contributed by atoms with Crippen molar-refractivity contribution in [2.45, 2.75) is 71.6 Å². The van der Waals surface area contributed by atoms with Gasteiger partial charge >= 0.3 is 0 Å². The summed E-state index contributed by atoms with van der Waals surface area (Å²) >= 11 is 0. The molecule has 4 nitrogen and oxygen atoms in total. The molecule has 0 spiro atoms. The average Bonchev–Trinajstić information content (AvgIpc) is 3.23. The molecule has 8 unspecified atom stereocenters. The van der Waals surface area contributed by atoms with E-state index in [0.29, 0.717) is 5.69 Å². The van der Waals surface area contributed by atoms with Gasteiger partial charge in [0, 0.05) is 13.0 Å². The lowest BCUT2D eigenvalue weighted by atomic mass is 9.49. The lowest BCUT2D eigenvalue weighted by molar-refractivity contribution is -0.0634. The highest BCUT2D eigenvalue weighted by molar-refractivity contribution is 5.96. The summed E-state index contributed by atoms with van der Waals surface area (Å²) in [5, 5.41) is 8.46. The highest BCUT2D eigenvalue weighted by Gasteiger charge is 2.58. The molecule has 148 valence electrons. The quantitative estimate of drug-likeness (QED) is 0.696. The molecule has 0 N–H and O–H groups in total. The second kappa shape index (κ2) is 6.42. The summed E-state index contributed by atoms with van der Waals surface area (Å²) in [5.41, 5.74) is 0.765. The van der Waals surface area contributed by atoms with Crippen molar-refractivity contribution in [3.8, 4) is 0 Å². The van der Waals surface area contributed by atoms with Crippen LogP contribution in [0.5, 0.6) is 0 Å². The zero-order chi connectivity index (χ0) is 18.8. The molecule has 0 amide bonds. The number of fused-ring (bicyclic) bond motifs is 5. The molecule has 5 rings (SSSR count). The lowest BCUT2D eigenvalue weighted by Crippen LogP contribution is -2.49. The van der Waals surface area contributed by atoms with E-state index >= 15 is 0 Å². The van der Waals surface area contributed by atoms with Crippen molar-refractivity contribution in [3.63, 3.8) is 0 Å². The molecular weight excluding hydrogens is 334 g/mol. The van der Waals surface area contributed by atoms with Gasteiger partial charge in [0.05, 0.1) is 6.20 Å². The third-order valence-corrected chi connectivity index (χ3v) is 9.39. The van der Waals surface area contributed by atoms with Crippen LogP contribution in [0.25, 0.3) is 0 Å². The number of aromatic nitrogens is 3. The number of ketones is 1. The van der Waals surface area contributed by atoms with Crippen LogP contribution in [0.15, 0.2) is 6.20 Å². The van der Waals surface area contributed by atoms with Crippen LogP contribution in [-0.2, 0) is 7.05 Å². The largest absolute Gasteiger partial charge is 0.292 e. The fraction of sp³-hybridized carbons (Fsp3) is 0.870. The SMILES string of the molecule is CC1CCC2C(CCC3C2CCC2(C)C(C(=O)c4cnn(C)n4)CCC32)C1. The number of carbonyl (C=O) groups is 1.